The fourth-order valence-corrected chi connectivity index (χ4v) is 2.83. The van der Waals surface area contributed by atoms with Gasteiger partial charge in [-0.25, -0.2) is 9.78 Å². The molecule has 2 atom stereocenters. The van der Waals surface area contributed by atoms with E-state index >= 15 is 0 Å². The largest absolute Gasteiger partial charge is 0.465 e. The molecule has 0 radical (unpaired) electrons. The number of aliphatic hydroxyl groups is 1. The number of hydrogen-bond acceptors (Lipinski definition) is 6. The zero-order valence-electron chi connectivity index (χ0n) is 11.3. The quantitative estimate of drug-likeness (QED) is 0.580. The van der Waals surface area contributed by atoms with Gasteiger partial charge in [0.1, 0.15) is 11.4 Å². The molecule has 0 amide bonds. The van der Waals surface area contributed by atoms with Gasteiger partial charge in [-0.2, -0.15) is 0 Å². The fourth-order valence-electron chi connectivity index (χ4n) is 2.38. The molecular formula is C13H18IN3O3. The van der Waals surface area contributed by atoms with Crippen molar-refractivity contribution < 1.29 is 14.6 Å². The second kappa shape index (κ2) is 6.68. The zero-order valence-corrected chi connectivity index (χ0v) is 13.4. The van der Waals surface area contributed by atoms with Crippen molar-refractivity contribution in [2.75, 3.05) is 31.7 Å². The summed E-state index contributed by atoms with van der Waals surface area (Å²) in [6.07, 6.45) is 2.48. The van der Waals surface area contributed by atoms with Crippen LogP contribution < -0.4 is 10.6 Å². The van der Waals surface area contributed by atoms with E-state index in [-0.39, 0.29) is 18.6 Å². The number of piperidine rings is 1. The predicted molar refractivity (Wildman–Crippen MR) is 83.7 cm³/mol. The molecule has 6 nitrogen and oxygen atoms in total. The molecule has 2 rings (SSSR count). The molecule has 2 heterocycles. The van der Waals surface area contributed by atoms with E-state index < -0.39 is 5.97 Å². The van der Waals surface area contributed by atoms with Gasteiger partial charge in [0, 0.05) is 41.4 Å². The molecule has 1 aromatic rings. The topological polar surface area (TPSA) is 88.7 Å². The number of carbonyl (C=O) groups is 1. The number of nitrogens with zero attached hydrogens (tertiary/aromatic N) is 2. The second-order valence-electron chi connectivity index (χ2n) is 4.86. The molecule has 1 fully saturated rings. The number of esters is 1. The summed E-state index contributed by atoms with van der Waals surface area (Å²) in [5, 5.41) is 9.37. The highest BCUT2D eigenvalue weighted by molar-refractivity contribution is 14.1. The molecule has 1 saturated heterocycles. The molecule has 1 aliphatic heterocycles. The van der Waals surface area contributed by atoms with Gasteiger partial charge in [0.25, 0.3) is 0 Å². The third kappa shape index (κ3) is 3.21. The smallest absolute Gasteiger partial charge is 0.341 e. The highest BCUT2D eigenvalue weighted by atomic mass is 127. The highest BCUT2D eigenvalue weighted by Crippen LogP contribution is 2.25. The minimum absolute atomic E-state index is 0.00433. The maximum Gasteiger partial charge on any atom is 0.341 e. The Labute approximate surface area is 131 Å². The summed E-state index contributed by atoms with van der Waals surface area (Å²) in [6, 6.07) is 1.75. The van der Waals surface area contributed by atoms with Gasteiger partial charge in [-0.15, -0.1) is 0 Å². The van der Waals surface area contributed by atoms with E-state index in [0.29, 0.717) is 17.9 Å². The van der Waals surface area contributed by atoms with Crippen molar-refractivity contribution in [3.63, 3.8) is 0 Å². The van der Waals surface area contributed by atoms with Crippen molar-refractivity contribution in [2.24, 2.45) is 11.7 Å². The zero-order chi connectivity index (χ0) is 14.7. The summed E-state index contributed by atoms with van der Waals surface area (Å²) in [4.78, 5) is 18.2. The highest BCUT2D eigenvalue weighted by Gasteiger charge is 2.29. The van der Waals surface area contributed by atoms with Crippen molar-refractivity contribution in [2.45, 2.75) is 12.5 Å². The summed E-state index contributed by atoms with van der Waals surface area (Å²) in [6.45, 7) is 1.35. The lowest BCUT2D eigenvalue weighted by Gasteiger charge is -2.37. The van der Waals surface area contributed by atoms with E-state index in [4.69, 9.17) is 10.5 Å². The number of anilines is 1. The Bertz CT molecular complexity index is 498. The Morgan fingerprint density at radius 1 is 1.70 bits per heavy atom. The van der Waals surface area contributed by atoms with Crippen LogP contribution in [0.15, 0.2) is 12.3 Å². The number of nitrogens with two attached hydrogens (primary N) is 1. The number of halogens is 1. The van der Waals surface area contributed by atoms with Crippen molar-refractivity contribution in [1.29, 1.82) is 0 Å². The van der Waals surface area contributed by atoms with E-state index in [2.05, 4.69) is 27.6 Å². The fraction of sp³-hybridized carbons (Fsp3) is 0.538. The first-order valence-corrected chi connectivity index (χ1v) is 7.50. The number of aromatic nitrogens is 1. The minimum Gasteiger partial charge on any atom is -0.465 e. The third-order valence-electron chi connectivity index (χ3n) is 3.57. The number of aliphatic hydroxyl groups excluding tert-OH is 1. The molecule has 0 spiro atoms. The van der Waals surface area contributed by atoms with Gasteiger partial charge in [0.15, 0.2) is 0 Å². The van der Waals surface area contributed by atoms with Crippen molar-refractivity contribution >= 4 is 34.4 Å². The van der Waals surface area contributed by atoms with Crippen LogP contribution in [0.2, 0.25) is 0 Å². The SMILES string of the molecule is COC(=O)c1cc(I)cnc1N1CCC(N)C(CO)C1. The molecule has 1 aliphatic rings. The Hall–Kier alpha value is -0.930. The van der Waals surface area contributed by atoms with Gasteiger partial charge in [-0.05, 0) is 35.1 Å². The summed E-state index contributed by atoms with van der Waals surface area (Å²) in [5.41, 5.74) is 6.43. The number of ether oxygens (including phenoxy) is 1. The lowest BCUT2D eigenvalue weighted by molar-refractivity contribution is 0.0600. The molecule has 7 heteroatoms. The molecule has 0 aliphatic carbocycles. The van der Waals surface area contributed by atoms with Crippen LogP contribution in [-0.4, -0.2) is 48.9 Å². The average Bonchev–Trinajstić information content (AvgIpc) is 2.47. The molecule has 0 saturated carbocycles. The van der Waals surface area contributed by atoms with E-state index in [1.807, 2.05) is 4.90 Å². The van der Waals surface area contributed by atoms with Gasteiger partial charge < -0.3 is 20.5 Å². The average molecular weight is 391 g/mol. The van der Waals surface area contributed by atoms with E-state index in [1.54, 1.807) is 12.3 Å². The van der Waals surface area contributed by atoms with Gasteiger partial charge in [-0.1, -0.05) is 0 Å². The van der Waals surface area contributed by atoms with Gasteiger partial charge in [0.2, 0.25) is 0 Å². The van der Waals surface area contributed by atoms with Crippen LogP contribution in [0, 0.1) is 9.49 Å². The van der Waals surface area contributed by atoms with Crippen LogP contribution >= 0.6 is 22.6 Å². The maximum absolute atomic E-state index is 11.9. The normalized spacial score (nSPS) is 22.7. The standard InChI is InChI=1S/C13H18IN3O3/c1-20-13(19)10-4-9(14)5-16-12(10)17-3-2-11(15)8(6-17)7-18/h4-5,8,11,18H,2-3,6-7,15H2,1H3. The summed E-state index contributed by atoms with van der Waals surface area (Å²) in [5.74, 6) is 0.194. The van der Waals surface area contributed by atoms with Crippen LogP contribution in [0.4, 0.5) is 5.82 Å². The minimum atomic E-state index is -0.401. The summed E-state index contributed by atoms with van der Waals surface area (Å²) >= 11 is 2.11. The van der Waals surface area contributed by atoms with Crippen molar-refractivity contribution in [3.05, 3.63) is 21.4 Å². The van der Waals surface area contributed by atoms with Crippen molar-refractivity contribution in [1.82, 2.24) is 4.98 Å². The molecule has 1 aromatic heterocycles. The number of pyridine rings is 1. The Kier molecular flexibility index (Phi) is 5.17. The second-order valence-corrected chi connectivity index (χ2v) is 6.10. The maximum atomic E-state index is 11.9. The number of carbonyl (C=O) groups excluding carboxylic acids is 1. The molecule has 3 N–H and O–H groups in total. The van der Waals surface area contributed by atoms with Crippen molar-refractivity contribution in [3.8, 4) is 0 Å². The van der Waals surface area contributed by atoms with Crippen LogP contribution in [0.3, 0.4) is 0 Å². The van der Waals surface area contributed by atoms with Crippen LogP contribution in [-0.2, 0) is 4.74 Å². The lowest BCUT2D eigenvalue weighted by atomic mass is 9.93. The molecule has 0 bridgehead atoms. The number of hydrogen-bond donors (Lipinski definition) is 2. The van der Waals surface area contributed by atoms with Gasteiger partial charge in [-0.3, -0.25) is 0 Å². The van der Waals surface area contributed by atoms with E-state index in [0.717, 1.165) is 16.5 Å². The monoisotopic (exact) mass is 391 g/mol. The summed E-state index contributed by atoms with van der Waals surface area (Å²) in [7, 11) is 1.36. The van der Waals surface area contributed by atoms with Gasteiger partial charge >= 0.3 is 5.97 Å². The first-order chi connectivity index (χ1) is 9.56. The van der Waals surface area contributed by atoms with Crippen LogP contribution in [0.25, 0.3) is 0 Å². The van der Waals surface area contributed by atoms with E-state index in [9.17, 15) is 9.90 Å². The predicted octanol–water partition coefficient (Wildman–Crippen LogP) is 0.619. The van der Waals surface area contributed by atoms with E-state index in [1.165, 1.54) is 7.11 Å². The lowest BCUT2D eigenvalue weighted by Crippen LogP contribution is -2.49. The van der Waals surface area contributed by atoms with Gasteiger partial charge in [0.05, 0.1) is 7.11 Å². The Morgan fingerprint density at radius 3 is 3.10 bits per heavy atom. The molecule has 110 valence electrons. The number of methoxy groups -OCH3 is 1. The summed E-state index contributed by atoms with van der Waals surface area (Å²) < 4.78 is 5.69. The van der Waals surface area contributed by atoms with Crippen LogP contribution in [0.1, 0.15) is 16.8 Å². The Morgan fingerprint density at radius 2 is 2.45 bits per heavy atom. The molecule has 20 heavy (non-hydrogen) atoms. The first-order valence-electron chi connectivity index (χ1n) is 6.42. The van der Waals surface area contributed by atoms with Crippen LogP contribution in [0.5, 0.6) is 0 Å². The molecule has 2 unspecified atom stereocenters. The number of rotatable bonds is 3. The first kappa shape index (κ1) is 15.5. The molecular weight excluding hydrogens is 373 g/mol. The third-order valence-corrected chi connectivity index (χ3v) is 4.16. The Balaban J connectivity index is 2.30. The molecule has 0 aromatic carbocycles.